The van der Waals surface area contributed by atoms with Gasteiger partial charge in [-0.05, 0) is 18.4 Å². The van der Waals surface area contributed by atoms with Crippen molar-refractivity contribution in [2.75, 3.05) is 6.54 Å². The summed E-state index contributed by atoms with van der Waals surface area (Å²) in [5, 5.41) is 13.2. The second-order valence-electron chi connectivity index (χ2n) is 5.59. The molecule has 0 fully saturated rings. The van der Waals surface area contributed by atoms with Crippen LogP contribution < -0.4 is 10.9 Å². The molecule has 1 unspecified atom stereocenters. The first-order valence-corrected chi connectivity index (χ1v) is 7.05. The number of amides is 1. The van der Waals surface area contributed by atoms with Crippen LogP contribution in [0.1, 0.15) is 30.6 Å². The molecule has 0 saturated heterocycles. The highest BCUT2D eigenvalue weighted by Gasteiger charge is 2.13. The predicted octanol–water partition coefficient (Wildman–Crippen LogP) is 1.66. The van der Waals surface area contributed by atoms with Crippen molar-refractivity contribution >= 4 is 16.8 Å². The molecule has 1 atom stereocenters. The molecule has 2 aromatic rings. The Morgan fingerprint density at radius 2 is 2.05 bits per heavy atom. The fourth-order valence-corrected chi connectivity index (χ4v) is 2.33. The van der Waals surface area contributed by atoms with Crippen LogP contribution in [0.5, 0.6) is 0 Å². The first-order valence-electron chi connectivity index (χ1n) is 7.05. The standard InChI is InChI=1S/C16H20N2O3/c1-10(2)7-11(19)9-17-16(21)13-8-15(20)18-14-6-4-3-5-12(13)14/h3-6,8,10-11,19H,7,9H2,1-2H3,(H,17,21)(H,18,20). The molecule has 21 heavy (non-hydrogen) atoms. The maximum absolute atomic E-state index is 12.2. The Morgan fingerprint density at radius 1 is 1.33 bits per heavy atom. The number of aliphatic hydroxyl groups excluding tert-OH is 1. The number of pyridine rings is 1. The van der Waals surface area contributed by atoms with Gasteiger partial charge in [-0.2, -0.15) is 0 Å². The molecule has 112 valence electrons. The smallest absolute Gasteiger partial charge is 0.252 e. The molecule has 2 rings (SSSR count). The summed E-state index contributed by atoms with van der Waals surface area (Å²) < 4.78 is 0. The molecule has 1 heterocycles. The summed E-state index contributed by atoms with van der Waals surface area (Å²) >= 11 is 0. The first-order chi connectivity index (χ1) is 9.97. The van der Waals surface area contributed by atoms with E-state index in [4.69, 9.17) is 0 Å². The van der Waals surface area contributed by atoms with E-state index in [-0.39, 0.29) is 18.0 Å². The van der Waals surface area contributed by atoms with E-state index < -0.39 is 6.10 Å². The summed E-state index contributed by atoms with van der Waals surface area (Å²) in [6.45, 7) is 4.20. The molecule has 1 amide bonds. The number of nitrogens with one attached hydrogen (secondary N) is 2. The summed E-state index contributed by atoms with van der Waals surface area (Å²) in [6, 6.07) is 8.43. The SMILES string of the molecule is CC(C)CC(O)CNC(=O)c1cc(=O)[nH]c2ccccc12. The molecule has 0 spiro atoms. The number of aromatic amines is 1. The molecule has 1 aromatic heterocycles. The van der Waals surface area contributed by atoms with Gasteiger partial charge in [0.15, 0.2) is 0 Å². The quantitative estimate of drug-likeness (QED) is 0.782. The zero-order chi connectivity index (χ0) is 15.4. The van der Waals surface area contributed by atoms with Gasteiger partial charge < -0.3 is 15.4 Å². The number of rotatable bonds is 5. The lowest BCUT2D eigenvalue weighted by molar-refractivity contribution is 0.0901. The van der Waals surface area contributed by atoms with E-state index in [9.17, 15) is 14.7 Å². The summed E-state index contributed by atoms with van der Waals surface area (Å²) in [5.41, 5.74) is 0.630. The Kier molecular flexibility index (Phi) is 4.75. The minimum absolute atomic E-state index is 0.179. The van der Waals surface area contributed by atoms with Crippen LogP contribution >= 0.6 is 0 Å². The second kappa shape index (κ2) is 6.54. The third kappa shape index (κ3) is 3.92. The van der Waals surface area contributed by atoms with Gasteiger partial charge in [0.25, 0.3) is 5.91 Å². The molecule has 5 heteroatoms. The lowest BCUT2D eigenvalue weighted by atomic mass is 10.1. The Labute approximate surface area is 123 Å². The summed E-state index contributed by atoms with van der Waals surface area (Å²) in [5.74, 6) is 0.0115. The Hall–Kier alpha value is -2.14. The average Bonchev–Trinajstić information content (AvgIpc) is 2.43. The molecule has 0 bridgehead atoms. The molecular weight excluding hydrogens is 268 g/mol. The Balaban J connectivity index is 2.18. The maximum Gasteiger partial charge on any atom is 0.252 e. The topological polar surface area (TPSA) is 82.2 Å². The van der Waals surface area contributed by atoms with Crippen LogP contribution in [0.2, 0.25) is 0 Å². The van der Waals surface area contributed by atoms with E-state index in [0.717, 1.165) is 0 Å². The van der Waals surface area contributed by atoms with E-state index in [1.165, 1.54) is 6.07 Å². The van der Waals surface area contributed by atoms with E-state index >= 15 is 0 Å². The van der Waals surface area contributed by atoms with Gasteiger partial charge in [0.1, 0.15) is 0 Å². The monoisotopic (exact) mass is 288 g/mol. The summed E-state index contributed by atoms with van der Waals surface area (Å²) in [4.78, 5) is 26.5. The highest BCUT2D eigenvalue weighted by molar-refractivity contribution is 6.05. The lowest BCUT2D eigenvalue weighted by Gasteiger charge is -2.14. The van der Waals surface area contributed by atoms with Crippen molar-refractivity contribution in [2.45, 2.75) is 26.4 Å². The van der Waals surface area contributed by atoms with E-state index in [1.54, 1.807) is 18.2 Å². The second-order valence-corrected chi connectivity index (χ2v) is 5.59. The predicted molar refractivity (Wildman–Crippen MR) is 82.4 cm³/mol. The molecular formula is C16H20N2O3. The number of H-pyrrole nitrogens is 1. The first kappa shape index (κ1) is 15.3. The van der Waals surface area contributed by atoms with E-state index in [2.05, 4.69) is 10.3 Å². The van der Waals surface area contributed by atoms with Gasteiger partial charge in [-0.3, -0.25) is 9.59 Å². The number of benzene rings is 1. The van der Waals surface area contributed by atoms with Crippen molar-refractivity contribution in [3.05, 3.63) is 46.2 Å². The van der Waals surface area contributed by atoms with Crippen LogP contribution in [0, 0.1) is 5.92 Å². The van der Waals surface area contributed by atoms with Crippen LogP contribution in [0.25, 0.3) is 10.9 Å². The van der Waals surface area contributed by atoms with Crippen molar-refractivity contribution in [2.24, 2.45) is 5.92 Å². The number of para-hydroxylation sites is 1. The highest BCUT2D eigenvalue weighted by Crippen LogP contribution is 2.14. The molecule has 0 aliphatic carbocycles. The molecule has 0 radical (unpaired) electrons. The maximum atomic E-state index is 12.2. The molecule has 0 aliphatic rings. The third-order valence-corrected chi connectivity index (χ3v) is 3.24. The van der Waals surface area contributed by atoms with Gasteiger partial charge in [0.2, 0.25) is 5.56 Å². The zero-order valence-corrected chi connectivity index (χ0v) is 12.2. The van der Waals surface area contributed by atoms with Crippen LogP contribution in [0.3, 0.4) is 0 Å². The van der Waals surface area contributed by atoms with Crippen LogP contribution in [0.15, 0.2) is 35.1 Å². The van der Waals surface area contributed by atoms with Crippen molar-refractivity contribution in [1.82, 2.24) is 10.3 Å². The minimum atomic E-state index is -0.581. The van der Waals surface area contributed by atoms with Crippen molar-refractivity contribution in [3.8, 4) is 0 Å². The van der Waals surface area contributed by atoms with Crippen molar-refractivity contribution < 1.29 is 9.90 Å². The van der Waals surface area contributed by atoms with Gasteiger partial charge in [-0.15, -0.1) is 0 Å². The Bertz CT molecular complexity index is 691. The highest BCUT2D eigenvalue weighted by atomic mass is 16.3. The normalized spacial score (nSPS) is 12.6. The molecule has 0 aliphatic heterocycles. The van der Waals surface area contributed by atoms with Gasteiger partial charge in [0, 0.05) is 23.5 Å². The largest absolute Gasteiger partial charge is 0.391 e. The van der Waals surface area contributed by atoms with Gasteiger partial charge in [0.05, 0.1) is 11.7 Å². The zero-order valence-electron chi connectivity index (χ0n) is 12.2. The number of hydrogen-bond donors (Lipinski definition) is 3. The van der Waals surface area contributed by atoms with Crippen LogP contribution in [-0.4, -0.2) is 28.6 Å². The Morgan fingerprint density at radius 3 is 2.76 bits per heavy atom. The van der Waals surface area contributed by atoms with E-state index in [1.807, 2.05) is 19.9 Å². The average molecular weight is 288 g/mol. The number of carbonyl (C=O) groups is 1. The minimum Gasteiger partial charge on any atom is -0.391 e. The number of hydrogen-bond acceptors (Lipinski definition) is 3. The number of aliphatic hydroxyl groups is 1. The fraction of sp³-hybridized carbons (Fsp3) is 0.375. The number of carbonyl (C=O) groups excluding carboxylic acids is 1. The van der Waals surface area contributed by atoms with Crippen LogP contribution in [-0.2, 0) is 0 Å². The van der Waals surface area contributed by atoms with Crippen molar-refractivity contribution in [3.63, 3.8) is 0 Å². The lowest BCUT2D eigenvalue weighted by Crippen LogP contribution is -2.33. The van der Waals surface area contributed by atoms with Gasteiger partial charge in [-0.1, -0.05) is 32.0 Å². The number of fused-ring (bicyclic) bond motifs is 1. The van der Waals surface area contributed by atoms with Crippen LogP contribution in [0.4, 0.5) is 0 Å². The molecule has 5 nitrogen and oxygen atoms in total. The van der Waals surface area contributed by atoms with Gasteiger partial charge in [-0.25, -0.2) is 0 Å². The molecule has 1 aromatic carbocycles. The van der Waals surface area contributed by atoms with Gasteiger partial charge >= 0.3 is 0 Å². The third-order valence-electron chi connectivity index (χ3n) is 3.24. The number of aromatic nitrogens is 1. The summed E-state index contributed by atoms with van der Waals surface area (Å²) in [7, 11) is 0. The van der Waals surface area contributed by atoms with E-state index in [0.29, 0.717) is 28.8 Å². The fourth-order valence-electron chi connectivity index (χ4n) is 2.33. The van der Waals surface area contributed by atoms with Crippen molar-refractivity contribution in [1.29, 1.82) is 0 Å². The summed E-state index contributed by atoms with van der Waals surface area (Å²) in [6.07, 6.45) is 0.0401. The molecule has 0 saturated carbocycles. The molecule has 3 N–H and O–H groups in total.